The molecule has 0 aliphatic heterocycles. The molecule has 0 aliphatic carbocycles. The lowest BCUT2D eigenvalue weighted by Crippen LogP contribution is -2.33. The zero-order valence-corrected chi connectivity index (χ0v) is 12.8. The molecule has 0 saturated heterocycles. The van der Waals surface area contributed by atoms with Gasteiger partial charge in [-0.1, -0.05) is 12.1 Å². The van der Waals surface area contributed by atoms with Gasteiger partial charge in [-0.2, -0.15) is 13.2 Å². The van der Waals surface area contributed by atoms with E-state index >= 15 is 0 Å². The third kappa shape index (κ3) is 3.88. The third-order valence-corrected chi connectivity index (χ3v) is 3.69. The van der Waals surface area contributed by atoms with Crippen LogP contribution in [0.5, 0.6) is 0 Å². The number of hydrogen-bond donors (Lipinski definition) is 0. The largest absolute Gasteiger partial charge is 0.416 e. The Morgan fingerprint density at radius 1 is 1.22 bits per heavy atom. The van der Waals surface area contributed by atoms with Crippen LogP contribution in [0.2, 0.25) is 0 Å². The Morgan fingerprint density at radius 3 is 2.43 bits per heavy atom. The minimum absolute atomic E-state index is 0.236. The number of rotatable bonds is 4. The summed E-state index contributed by atoms with van der Waals surface area (Å²) in [4.78, 5) is 17.9. The average molecular weight is 322 g/mol. The lowest BCUT2D eigenvalue weighted by Gasteiger charge is -2.29. The summed E-state index contributed by atoms with van der Waals surface area (Å²) >= 11 is 0. The van der Waals surface area contributed by atoms with E-state index in [9.17, 15) is 18.0 Å². The van der Waals surface area contributed by atoms with Crippen LogP contribution in [-0.4, -0.2) is 22.3 Å². The number of nitrogens with zero attached hydrogens (tertiary/aromatic N) is 2. The maximum atomic E-state index is 12.9. The number of carbonyl (C=O) groups is 1. The molecule has 0 aliphatic rings. The van der Waals surface area contributed by atoms with E-state index in [1.807, 2.05) is 0 Å². The molecule has 0 bridgehead atoms. The molecule has 23 heavy (non-hydrogen) atoms. The summed E-state index contributed by atoms with van der Waals surface area (Å²) in [5.74, 6) is -0.236. The van der Waals surface area contributed by atoms with E-state index in [1.165, 1.54) is 23.4 Å². The van der Waals surface area contributed by atoms with Gasteiger partial charge in [0.25, 0.3) is 5.91 Å². The second-order valence-corrected chi connectivity index (χ2v) is 5.13. The van der Waals surface area contributed by atoms with Crippen molar-refractivity contribution in [3.8, 4) is 0 Å². The molecule has 2 rings (SSSR count). The van der Waals surface area contributed by atoms with Crippen LogP contribution in [0, 0.1) is 0 Å². The van der Waals surface area contributed by atoms with Gasteiger partial charge in [-0.25, -0.2) is 0 Å². The molecule has 1 aromatic carbocycles. The molecule has 1 atom stereocenters. The number of pyridine rings is 1. The number of halogens is 3. The summed E-state index contributed by atoms with van der Waals surface area (Å²) in [7, 11) is 0. The zero-order chi connectivity index (χ0) is 17.0. The van der Waals surface area contributed by atoms with E-state index < -0.39 is 17.8 Å². The Kier molecular flexibility index (Phi) is 5.03. The van der Waals surface area contributed by atoms with Gasteiger partial charge in [0, 0.05) is 24.5 Å². The lowest BCUT2D eigenvalue weighted by molar-refractivity contribution is -0.137. The fourth-order valence-corrected chi connectivity index (χ4v) is 2.41. The van der Waals surface area contributed by atoms with Gasteiger partial charge in [0.2, 0.25) is 0 Å². The van der Waals surface area contributed by atoms with Crippen molar-refractivity contribution in [1.82, 2.24) is 9.88 Å². The Bertz CT molecular complexity index is 671. The van der Waals surface area contributed by atoms with Crippen molar-refractivity contribution in [1.29, 1.82) is 0 Å². The molecule has 1 aromatic heterocycles. The van der Waals surface area contributed by atoms with Crippen LogP contribution >= 0.6 is 0 Å². The third-order valence-electron chi connectivity index (χ3n) is 3.69. The van der Waals surface area contributed by atoms with Gasteiger partial charge in [0.15, 0.2) is 0 Å². The summed E-state index contributed by atoms with van der Waals surface area (Å²) in [6.07, 6.45) is -1.38. The number of alkyl halides is 3. The first kappa shape index (κ1) is 17.0. The van der Waals surface area contributed by atoms with E-state index in [4.69, 9.17) is 0 Å². The normalized spacial score (nSPS) is 12.7. The van der Waals surface area contributed by atoms with Gasteiger partial charge < -0.3 is 4.90 Å². The van der Waals surface area contributed by atoms with E-state index in [2.05, 4.69) is 4.98 Å². The highest BCUT2D eigenvalue weighted by Gasteiger charge is 2.31. The van der Waals surface area contributed by atoms with Crippen LogP contribution < -0.4 is 0 Å². The smallest absolute Gasteiger partial charge is 0.332 e. The Balaban J connectivity index is 2.30. The van der Waals surface area contributed by atoms with E-state index in [1.54, 1.807) is 32.0 Å². The molecule has 0 N–H and O–H groups in total. The molecule has 3 nitrogen and oxygen atoms in total. The lowest BCUT2D eigenvalue weighted by atomic mass is 10.0. The molecular weight excluding hydrogens is 305 g/mol. The number of aromatic nitrogens is 1. The summed E-state index contributed by atoms with van der Waals surface area (Å²) in [5.41, 5.74) is 0.194. The van der Waals surface area contributed by atoms with Crippen LogP contribution in [0.3, 0.4) is 0 Å². The standard InChI is InChI=1S/C17H17F3N2O/c1-3-22(16(23)13-7-9-21-10-8-13)12(2)14-5-4-6-15(11-14)17(18,19)20/h4-12H,3H2,1-2H3. The van der Waals surface area contributed by atoms with E-state index in [0.717, 1.165) is 12.1 Å². The summed E-state index contributed by atoms with van der Waals surface area (Å²) in [6.45, 7) is 3.90. The van der Waals surface area contributed by atoms with Crippen molar-refractivity contribution in [3.63, 3.8) is 0 Å². The van der Waals surface area contributed by atoms with E-state index in [-0.39, 0.29) is 5.91 Å². The SMILES string of the molecule is CCN(C(=O)c1ccncc1)C(C)c1cccc(C(F)(F)F)c1. The number of carbonyl (C=O) groups excluding carboxylic acids is 1. The van der Waals surface area contributed by atoms with Gasteiger partial charge in [-0.05, 0) is 43.7 Å². The first-order valence-corrected chi connectivity index (χ1v) is 7.22. The molecule has 0 spiro atoms. The van der Waals surface area contributed by atoms with Crippen molar-refractivity contribution in [2.24, 2.45) is 0 Å². The highest BCUT2D eigenvalue weighted by atomic mass is 19.4. The van der Waals surface area contributed by atoms with Crippen molar-refractivity contribution in [2.75, 3.05) is 6.54 Å². The molecule has 0 saturated carbocycles. The Labute approximate surface area is 132 Å². The maximum Gasteiger partial charge on any atom is 0.416 e. The van der Waals surface area contributed by atoms with Crippen molar-refractivity contribution < 1.29 is 18.0 Å². The molecule has 6 heteroatoms. The molecule has 2 aromatic rings. The topological polar surface area (TPSA) is 33.2 Å². The predicted molar refractivity (Wildman–Crippen MR) is 80.8 cm³/mol. The van der Waals surface area contributed by atoms with Gasteiger partial charge in [-0.15, -0.1) is 0 Å². The summed E-state index contributed by atoms with van der Waals surface area (Å²) in [5, 5.41) is 0. The highest BCUT2D eigenvalue weighted by molar-refractivity contribution is 5.94. The fraction of sp³-hybridized carbons (Fsp3) is 0.294. The van der Waals surface area contributed by atoms with Crippen molar-refractivity contribution in [3.05, 3.63) is 65.5 Å². The molecular formula is C17H17F3N2O. The average Bonchev–Trinajstić information content (AvgIpc) is 2.55. The minimum atomic E-state index is -4.40. The zero-order valence-electron chi connectivity index (χ0n) is 12.8. The van der Waals surface area contributed by atoms with E-state index in [0.29, 0.717) is 17.7 Å². The van der Waals surface area contributed by atoms with Crippen LogP contribution in [0.1, 0.15) is 41.4 Å². The van der Waals surface area contributed by atoms with Gasteiger partial charge in [-0.3, -0.25) is 9.78 Å². The second kappa shape index (κ2) is 6.81. The number of hydrogen-bond acceptors (Lipinski definition) is 2. The van der Waals surface area contributed by atoms with Crippen molar-refractivity contribution in [2.45, 2.75) is 26.1 Å². The quantitative estimate of drug-likeness (QED) is 0.840. The van der Waals surface area contributed by atoms with Crippen molar-refractivity contribution >= 4 is 5.91 Å². The summed E-state index contributed by atoms with van der Waals surface area (Å²) < 4.78 is 38.6. The minimum Gasteiger partial charge on any atom is -0.332 e. The molecule has 0 radical (unpaired) electrons. The van der Waals surface area contributed by atoms with Crippen LogP contribution in [0.4, 0.5) is 13.2 Å². The molecule has 1 unspecified atom stereocenters. The predicted octanol–water partition coefficient (Wildman–Crippen LogP) is 4.32. The first-order chi connectivity index (χ1) is 10.8. The fourth-order valence-electron chi connectivity index (χ4n) is 2.41. The second-order valence-electron chi connectivity index (χ2n) is 5.13. The molecule has 1 heterocycles. The first-order valence-electron chi connectivity index (χ1n) is 7.22. The van der Waals surface area contributed by atoms with Crippen LogP contribution in [0.15, 0.2) is 48.8 Å². The van der Waals surface area contributed by atoms with Gasteiger partial charge in [0.05, 0.1) is 11.6 Å². The van der Waals surface area contributed by atoms with Gasteiger partial charge >= 0.3 is 6.18 Å². The number of amides is 1. The Hall–Kier alpha value is -2.37. The molecule has 122 valence electrons. The van der Waals surface area contributed by atoms with Crippen LogP contribution in [-0.2, 0) is 6.18 Å². The maximum absolute atomic E-state index is 12.9. The molecule has 1 amide bonds. The van der Waals surface area contributed by atoms with Gasteiger partial charge in [0.1, 0.15) is 0 Å². The summed E-state index contributed by atoms with van der Waals surface area (Å²) in [6, 6.07) is 7.78. The van der Waals surface area contributed by atoms with Crippen LogP contribution in [0.25, 0.3) is 0 Å². The monoisotopic (exact) mass is 322 g/mol. The Morgan fingerprint density at radius 2 is 1.87 bits per heavy atom. The number of benzene rings is 1. The molecule has 0 fully saturated rings. The highest BCUT2D eigenvalue weighted by Crippen LogP contribution is 2.32.